The first kappa shape index (κ1) is 10.9. The highest BCUT2D eigenvalue weighted by atomic mass is 19.1. The molecule has 0 saturated carbocycles. The van der Waals surface area contributed by atoms with Crippen LogP contribution in [-0.2, 0) is 0 Å². The molecule has 1 heterocycles. The minimum atomic E-state index is -0.357. The Kier molecular flexibility index (Phi) is 3.37. The van der Waals surface area contributed by atoms with Crippen LogP contribution in [0.25, 0.3) is 0 Å². The topological polar surface area (TPSA) is 47.9 Å². The number of nitriles is 1. The second kappa shape index (κ2) is 4.95. The first-order chi connectivity index (χ1) is 7.79. The van der Waals surface area contributed by atoms with Crippen molar-refractivity contribution in [2.45, 2.75) is 18.9 Å². The van der Waals surface area contributed by atoms with Crippen LogP contribution in [0.1, 0.15) is 18.4 Å². The van der Waals surface area contributed by atoms with Crippen molar-refractivity contribution in [3.63, 3.8) is 0 Å². The number of benzene rings is 1. The van der Waals surface area contributed by atoms with E-state index in [0.717, 1.165) is 25.9 Å². The van der Waals surface area contributed by atoms with Crippen LogP contribution in [-0.4, -0.2) is 19.1 Å². The largest absolute Gasteiger partial charge is 0.379 e. The van der Waals surface area contributed by atoms with Crippen molar-refractivity contribution in [1.82, 2.24) is 5.32 Å². The maximum Gasteiger partial charge on any atom is 0.147 e. The molecule has 0 spiro atoms. The van der Waals surface area contributed by atoms with E-state index in [1.807, 2.05) is 6.07 Å². The lowest BCUT2D eigenvalue weighted by Gasteiger charge is -2.25. The Hall–Kier alpha value is -1.60. The Labute approximate surface area is 94.3 Å². The summed E-state index contributed by atoms with van der Waals surface area (Å²) in [4.78, 5) is 0. The van der Waals surface area contributed by atoms with Gasteiger partial charge in [0.1, 0.15) is 5.82 Å². The molecule has 0 bridgehead atoms. The average molecular weight is 219 g/mol. The lowest BCUT2D eigenvalue weighted by atomic mass is 10.1. The molecule has 1 saturated heterocycles. The highest BCUT2D eigenvalue weighted by molar-refractivity contribution is 5.49. The Morgan fingerprint density at radius 3 is 3.00 bits per heavy atom. The van der Waals surface area contributed by atoms with Gasteiger partial charge in [0.2, 0.25) is 0 Å². The van der Waals surface area contributed by atoms with Crippen molar-refractivity contribution < 1.29 is 4.39 Å². The Morgan fingerprint density at radius 2 is 2.38 bits per heavy atom. The van der Waals surface area contributed by atoms with E-state index < -0.39 is 0 Å². The Balaban J connectivity index is 2.06. The van der Waals surface area contributed by atoms with E-state index >= 15 is 0 Å². The molecule has 84 valence electrons. The van der Waals surface area contributed by atoms with Gasteiger partial charge in [-0.2, -0.15) is 5.26 Å². The number of hydrogen-bond acceptors (Lipinski definition) is 3. The van der Waals surface area contributed by atoms with E-state index in [1.54, 1.807) is 12.1 Å². The van der Waals surface area contributed by atoms with Gasteiger partial charge < -0.3 is 10.6 Å². The van der Waals surface area contributed by atoms with Gasteiger partial charge in [-0.05, 0) is 37.6 Å². The SMILES string of the molecule is N#Cc1ccc(NC2CCCNC2)c(F)c1. The molecule has 0 radical (unpaired) electrons. The summed E-state index contributed by atoms with van der Waals surface area (Å²) in [6.07, 6.45) is 2.15. The summed E-state index contributed by atoms with van der Waals surface area (Å²) in [5.74, 6) is -0.357. The molecule has 16 heavy (non-hydrogen) atoms. The molecule has 0 amide bonds. The average Bonchev–Trinajstić information content (AvgIpc) is 2.33. The quantitative estimate of drug-likeness (QED) is 0.798. The summed E-state index contributed by atoms with van der Waals surface area (Å²) < 4.78 is 13.6. The van der Waals surface area contributed by atoms with E-state index in [9.17, 15) is 4.39 Å². The van der Waals surface area contributed by atoms with Gasteiger partial charge in [0, 0.05) is 12.6 Å². The first-order valence-corrected chi connectivity index (χ1v) is 5.46. The van der Waals surface area contributed by atoms with Crippen molar-refractivity contribution >= 4 is 5.69 Å². The second-order valence-corrected chi connectivity index (χ2v) is 3.99. The number of rotatable bonds is 2. The summed E-state index contributed by atoms with van der Waals surface area (Å²) in [5, 5.41) is 15.0. The normalized spacial score (nSPS) is 20.1. The maximum absolute atomic E-state index is 13.6. The third-order valence-electron chi connectivity index (χ3n) is 2.75. The lowest BCUT2D eigenvalue weighted by Crippen LogP contribution is -2.38. The van der Waals surface area contributed by atoms with E-state index in [-0.39, 0.29) is 11.9 Å². The molecule has 1 atom stereocenters. The molecular formula is C12H14FN3. The maximum atomic E-state index is 13.6. The predicted octanol–water partition coefficient (Wildman–Crippen LogP) is 1.86. The van der Waals surface area contributed by atoms with Crippen molar-refractivity contribution in [2.24, 2.45) is 0 Å². The highest BCUT2D eigenvalue weighted by Gasteiger charge is 2.14. The molecular weight excluding hydrogens is 205 g/mol. The Bertz CT molecular complexity index is 405. The monoisotopic (exact) mass is 219 g/mol. The number of nitrogens with zero attached hydrogens (tertiary/aromatic N) is 1. The minimum Gasteiger partial charge on any atom is -0.379 e. The van der Waals surface area contributed by atoms with E-state index in [1.165, 1.54) is 6.07 Å². The number of nitrogens with one attached hydrogen (secondary N) is 2. The lowest BCUT2D eigenvalue weighted by molar-refractivity contribution is 0.477. The van der Waals surface area contributed by atoms with Gasteiger partial charge in [0.25, 0.3) is 0 Å². The van der Waals surface area contributed by atoms with Crippen LogP contribution in [0.3, 0.4) is 0 Å². The standard InChI is InChI=1S/C12H14FN3/c13-11-6-9(7-14)3-4-12(11)16-10-2-1-5-15-8-10/h3-4,6,10,15-16H,1-2,5,8H2. The molecule has 1 aromatic carbocycles. The van der Waals surface area contributed by atoms with Crippen LogP contribution in [0.5, 0.6) is 0 Å². The molecule has 1 aliphatic heterocycles. The second-order valence-electron chi connectivity index (χ2n) is 3.99. The molecule has 2 rings (SSSR count). The molecule has 1 aliphatic rings. The van der Waals surface area contributed by atoms with Gasteiger partial charge in [-0.1, -0.05) is 0 Å². The van der Waals surface area contributed by atoms with Crippen LogP contribution in [0.4, 0.5) is 10.1 Å². The van der Waals surface area contributed by atoms with Crippen molar-refractivity contribution in [3.05, 3.63) is 29.6 Å². The molecule has 3 nitrogen and oxygen atoms in total. The van der Waals surface area contributed by atoms with Crippen molar-refractivity contribution in [2.75, 3.05) is 18.4 Å². The zero-order valence-electron chi connectivity index (χ0n) is 8.96. The van der Waals surface area contributed by atoms with Crippen LogP contribution in [0.15, 0.2) is 18.2 Å². The van der Waals surface area contributed by atoms with Gasteiger partial charge in [0.15, 0.2) is 0 Å². The van der Waals surface area contributed by atoms with Gasteiger partial charge >= 0.3 is 0 Å². The Morgan fingerprint density at radius 1 is 1.50 bits per heavy atom. The number of anilines is 1. The third kappa shape index (κ3) is 2.50. The van der Waals surface area contributed by atoms with Crippen molar-refractivity contribution in [1.29, 1.82) is 5.26 Å². The van der Waals surface area contributed by atoms with Crippen LogP contribution in [0.2, 0.25) is 0 Å². The van der Waals surface area contributed by atoms with Gasteiger partial charge in [-0.15, -0.1) is 0 Å². The van der Waals surface area contributed by atoms with Gasteiger partial charge in [-0.3, -0.25) is 0 Å². The van der Waals surface area contributed by atoms with Crippen LogP contribution >= 0.6 is 0 Å². The molecule has 0 aromatic heterocycles. The van der Waals surface area contributed by atoms with Crippen LogP contribution < -0.4 is 10.6 Å². The molecule has 1 aromatic rings. The van der Waals surface area contributed by atoms with E-state index in [2.05, 4.69) is 10.6 Å². The van der Waals surface area contributed by atoms with Crippen molar-refractivity contribution in [3.8, 4) is 6.07 Å². The fourth-order valence-corrected chi connectivity index (χ4v) is 1.90. The minimum absolute atomic E-state index is 0.274. The first-order valence-electron chi connectivity index (χ1n) is 5.46. The fourth-order valence-electron chi connectivity index (χ4n) is 1.90. The van der Waals surface area contributed by atoms with Crippen LogP contribution in [0, 0.1) is 17.1 Å². The van der Waals surface area contributed by atoms with Gasteiger partial charge in [0.05, 0.1) is 17.3 Å². The molecule has 0 aliphatic carbocycles. The molecule has 1 fully saturated rings. The number of hydrogen-bond donors (Lipinski definition) is 2. The zero-order valence-corrected chi connectivity index (χ0v) is 8.96. The van der Waals surface area contributed by atoms with E-state index in [4.69, 9.17) is 5.26 Å². The summed E-state index contributed by atoms with van der Waals surface area (Å²) >= 11 is 0. The number of halogens is 1. The summed E-state index contributed by atoms with van der Waals surface area (Å²) in [5.41, 5.74) is 0.831. The highest BCUT2D eigenvalue weighted by Crippen LogP contribution is 2.18. The smallest absolute Gasteiger partial charge is 0.147 e. The molecule has 2 N–H and O–H groups in total. The molecule has 1 unspecified atom stereocenters. The summed E-state index contributed by atoms with van der Waals surface area (Å²) in [7, 11) is 0. The van der Waals surface area contributed by atoms with E-state index in [0.29, 0.717) is 11.3 Å². The summed E-state index contributed by atoms with van der Waals surface area (Å²) in [6, 6.07) is 6.71. The summed E-state index contributed by atoms with van der Waals surface area (Å²) in [6.45, 7) is 1.90. The third-order valence-corrected chi connectivity index (χ3v) is 2.75. The zero-order chi connectivity index (χ0) is 11.4. The fraction of sp³-hybridized carbons (Fsp3) is 0.417. The van der Waals surface area contributed by atoms with Gasteiger partial charge in [-0.25, -0.2) is 4.39 Å². The predicted molar refractivity (Wildman–Crippen MR) is 60.6 cm³/mol. The molecule has 4 heteroatoms. The number of piperidine rings is 1.